The van der Waals surface area contributed by atoms with Crippen LogP contribution in [-0.4, -0.2) is 42.0 Å². The predicted molar refractivity (Wildman–Crippen MR) is 69.0 cm³/mol. The summed E-state index contributed by atoms with van der Waals surface area (Å²) in [5.41, 5.74) is -1.03. The Balaban J connectivity index is 1.97. The molecule has 0 aliphatic carbocycles. The standard InChI is InChI=1S/C13H16N2O5/c1-13(17,8-18-2)7-14-12(16)9-6-11(20-15-9)10-4-3-5-19-10/h3-6,17H,7-8H2,1-2H3,(H,14,16). The van der Waals surface area contributed by atoms with Gasteiger partial charge in [-0.25, -0.2) is 0 Å². The summed E-state index contributed by atoms with van der Waals surface area (Å²) in [7, 11) is 1.48. The van der Waals surface area contributed by atoms with Crippen molar-refractivity contribution < 1.29 is 23.6 Å². The van der Waals surface area contributed by atoms with Crippen molar-refractivity contribution in [2.45, 2.75) is 12.5 Å². The first kappa shape index (κ1) is 14.3. The third kappa shape index (κ3) is 3.46. The first-order valence-corrected chi connectivity index (χ1v) is 6.02. The SMILES string of the molecule is COCC(C)(O)CNC(=O)c1cc(-c2ccco2)on1. The van der Waals surface area contributed by atoms with E-state index in [1.54, 1.807) is 19.1 Å². The van der Waals surface area contributed by atoms with E-state index < -0.39 is 11.5 Å². The topological polar surface area (TPSA) is 97.7 Å². The van der Waals surface area contributed by atoms with Crippen LogP contribution in [0.25, 0.3) is 11.5 Å². The van der Waals surface area contributed by atoms with Gasteiger partial charge in [0.1, 0.15) is 5.60 Å². The summed E-state index contributed by atoms with van der Waals surface area (Å²) in [5, 5.41) is 16.1. The van der Waals surface area contributed by atoms with E-state index in [0.717, 1.165) is 0 Å². The zero-order valence-corrected chi connectivity index (χ0v) is 11.3. The minimum absolute atomic E-state index is 0.0443. The number of nitrogens with zero attached hydrogens (tertiary/aromatic N) is 1. The molecule has 0 saturated heterocycles. The number of carbonyl (C=O) groups is 1. The molecule has 2 heterocycles. The number of aromatic nitrogens is 1. The summed E-state index contributed by atoms with van der Waals surface area (Å²) in [6.45, 7) is 1.72. The van der Waals surface area contributed by atoms with E-state index in [1.807, 2.05) is 0 Å². The van der Waals surface area contributed by atoms with E-state index in [-0.39, 0.29) is 18.8 Å². The van der Waals surface area contributed by atoms with E-state index >= 15 is 0 Å². The molecular weight excluding hydrogens is 264 g/mol. The molecule has 0 aliphatic heterocycles. The highest BCUT2D eigenvalue weighted by molar-refractivity contribution is 5.92. The number of hydrogen-bond acceptors (Lipinski definition) is 6. The van der Waals surface area contributed by atoms with Gasteiger partial charge in [-0.05, 0) is 19.1 Å². The Hall–Kier alpha value is -2.12. The van der Waals surface area contributed by atoms with Gasteiger partial charge in [-0.15, -0.1) is 0 Å². The van der Waals surface area contributed by atoms with Crippen LogP contribution in [0.5, 0.6) is 0 Å². The van der Waals surface area contributed by atoms with Crippen molar-refractivity contribution in [2.75, 3.05) is 20.3 Å². The van der Waals surface area contributed by atoms with Gasteiger partial charge >= 0.3 is 0 Å². The summed E-state index contributed by atoms with van der Waals surface area (Å²) in [5.74, 6) is 0.412. The van der Waals surface area contributed by atoms with Gasteiger partial charge in [-0.3, -0.25) is 4.79 Å². The van der Waals surface area contributed by atoms with Crippen molar-refractivity contribution >= 4 is 5.91 Å². The van der Waals surface area contributed by atoms with Gasteiger partial charge in [0, 0.05) is 19.7 Å². The number of carbonyl (C=O) groups excluding carboxylic acids is 1. The van der Waals surface area contributed by atoms with Gasteiger partial charge in [-0.2, -0.15) is 0 Å². The zero-order valence-electron chi connectivity index (χ0n) is 11.3. The van der Waals surface area contributed by atoms with Crippen LogP contribution >= 0.6 is 0 Å². The predicted octanol–water partition coefficient (Wildman–Crippen LogP) is 1.06. The minimum atomic E-state index is -1.14. The number of hydrogen-bond donors (Lipinski definition) is 2. The van der Waals surface area contributed by atoms with Crippen molar-refractivity contribution in [3.8, 4) is 11.5 Å². The number of nitrogens with one attached hydrogen (secondary N) is 1. The van der Waals surface area contributed by atoms with E-state index in [9.17, 15) is 9.90 Å². The molecule has 2 N–H and O–H groups in total. The molecule has 0 saturated carbocycles. The lowest BCUT2D eigenvalue weighted by Crippen LogP contribution is -2.43. The third-order valence-corrected chi connectivity index (χ3v) is 2.59. The number of rotatable bonds is 6. The normalized spacial score (nSPS) is 13.9. The summed E-state index contributed by atoms with van der Waals surface area (Å²) >= 11 is 0. The number of ether oxygens (including phenoxy) is 1. The molecule has 7 heteroatoms. The molecule has 108 valence electrons. The van der Waals surface area contributed by atoms with Crippen LogP contribution in [0.15, 0.2) is 33.4 Å². The zero-order chi connectivity index (χ0) is 14.6. The molecule has 0 bridgehead atoms. The highest BCUT2D eigenvalue weighted by Gasteiger charge is 2.22. The Morgan fingerprint density at radius 2 is 2.35 bits per heavy atom. The minimum Gasteiger partial charge on any atom is -0.461 e. The van der Waals surface area contributed by atoms with Crippen LogP contribution in [0, 0.1) is 0 Å². The summed E-state index contributed by atoms with van der Waals surface area (Å²) in [6, 6.07) is 4.88. The van der Waals surface area contributed by atoms with Crippen LogP contribution in [0.2, 0.25) is 0 Å². The molecule has 7 nitrogen and oxygen atoms in total. The quantitative estimate of drug-likeness (QED) is 0.821. The van der Waals surface area contributed by atoms with Crippen LogP contribution in [0.3, 0.4) is 0 Å². The lowest BCUT2D eigenvalue weighted by Gasteiger charge is -2.22. The first-order valence-electron chi connectivity index (χ1n) is 6.02. The molecule has 2 aromatic heterocycles. The summed E-state index contributed by atoms with van der Waals surface area (Å²) in [4.78, 5) is 11.9. The summed E-state index contributed by atoms with van der Waals surface area (Å²) in [6.07, 6.45) is 1.50. The maximum absolute atomic E-state index is 11.9. The molecule has 2 rings (SSSR count). The van der Waals surface area contributed by atoms with Crippen molar-refractivity contribution in [1.29, 1.82) is 0 Å². The van der Waals surface area contributed by atoms with Crippen molar-refractivity contribution in [1.82, 2.24) is 10.5 Å². The molecule has 0 spiro atoms. The fraction of sp³-hybridized carbons (Fsp3) is 0.385. The number of aliphatic hydroxyl groups is 1. The molecule has 0 radical (unpaired) electrons. The second-order valence-electron chi connectivity index (χ2n) is 4.67. The number of methoxy groups -OCH3 is 1. The van der Waals surface area contributed by atoms with Gasteiger partial charge in [0.25, 0.3) is 5.91 Å². The molecule has 2 aromatic rings. The molecule has 1 unspecified atom stereocenters. The third-order valence-electron chi connectivity index (χ3n) is 2.59. The van der Waals surface area contributed by atoms with E-state index in [2.05, 4.69) is 10.5 Å². The molecule has 0 aliphatic rings. The Labute approximate surface area is 115 Å². The number of amides is 1. The van der Waals surface area contributed by atoms with Crippen molar-refractivity contribution in [3.63, 3.8) is 0 Å². The van der Waals surface area contributed by atoms with E-state index in [4.69, 9.17) is 13.7 Å². The first-order chi connectivity index (χ1) is 9.52. The van der Waals surface area contributed by atoms with Crippen LogP contribution in [-0.2, 0) is 4.74 Å². The highest BCUT2D eigenvalue weighted by atomic mass is 16.5. The Morgan fingerprint density at radius 3 is 3.00 bits per heavy atom. The average Bonchev–Trinajstić information content (AvgIpc) is 3.06. The molecule has 1 amide bonds. The van der Waals surface area contributed by atoms with Crippen molar-refractivity contribution in [2.24, 2.45) is 0 Å². The Morgan fingerprint density at radius 1 is 1.55 bits per heavy atom. The molecule has 0 fully saturated rings. The monoisotopic (exact) mass is 280 g/mol. The highest BCUT2D eigenvalue weighted by Crippen LogP contribution is 2.20. The van der Waals surface area contributed by atoms with Crippen LogP contribution < -0.4 is 5.32 Å². The van der Waals surface area contributed by atoms with Gasteiger partial charge in [0.2, 0.25) is 5.76 Å². The number of furan rings is 1. The van der Waals surface area contributed by atoms with Gasteiger partial charge in [-0.1, -0.05) is 5.16 Å². The van der Waals surface area contributed by atoms with Crippen molar-refractivity contribution in [3.05, 3.63) is 30.2 Å². The molecular formula is C13H16N2O5. The fourth-order valence-corrected chi connectivity index (χ4v) is 1.64. The molecule has 0 aromatic carbocycles. The van der Waals surface area contributed by atoms with Gasteiger partial charge < -0.3 is 24.1 Å². The largest absolute Gasteiger partial charge is 0.461 e. The Kier molecular flexibility index (Phi) is 4.21. The van der Waals surface area contributed by atoms with Gasteiger partial charge in [0.05, 0.1) is 12.9 Å². The van der Waals surface area contributed by atoms with Crippen LogP contribution in [0.1, 0.15) is 17.4 Å². The lowest BCUT2D eigenvalue weighted by molar-refractivity contribution is -0.0147. The second kappa shape index (κ2) is 5.89. The van der Waals surface area contributed by atoms with Crippen LogP contribution in [0.4, 0.5) is 0 Å². The second-order valence-corrected chi connectivity index (χ2v) is 4.67. The maximum Gasteiger partial charge on any atom is 0.273 e. The molecule has 1 atom stereocenters. The van der Waals surface area contributed by atoms with E-state index in [1.165, 1.54) is 19.4 Å². The summed E-state index contributed by atoms with van der Waals surface area (Å²) < 4.78 is 15.0. The molecule has 20 heavy (non-hydrogen) atoms. The lowest BCUT2D eigenvalue weighted by atomic mass is 10.1. The smallest absolute Gasteiger partial charge is 0.273 e. The average molecular weight is 280 g/mol. The Bertz CT molecular complexity index is 559. The van der Waals surface area contributed by atoms with Gasteiger partial charge in [0.15, 0.2) is 11.5 Å². The fourth-order valence-electron chi connectivity index (χ4n) is 1.64. The maximum atomic E-state index is 11.9. The van der Waals surface area contributed by atoms with E-state index in [0.29, 0.717) is 11.5 Å².